The zero-order valence-electron chi connectivity index (χ0n) is 17.5. The minimum atomic E-state index is -0.633. The fourth-order valence-electron chi connectivity index (χ4n) is 3.87. The van der Waals surface area contributed by atoms with E-state index in [0.29, 0.717) is 12.8 Å². The van der Waals surface area contributed by atoms with Crippen molar-refractivity contribution in [1.29, 1.82) is 0 Å². The molecular formula is C23H26N6OS. The third-order valence-electron chi connectivity index (χ3n) is 5.84. The number of pyridine rings is 1. The Morgan fingerprint density at radius 1 is 1.19 bits per heavy atom. The number of primary amides is 1. The average molecular weight is 435 g/mol. The number of rotatable bonds is 7. The molecule has 31 heavy (non-hydrogen) atoms. The van der Waals surface area contributed by atoms with Gasteiger partial charge in [0.25, 0.3) is 0 Å². The van der Waals surface area contributed by atoms with Crippen molar-refractivity contribution in [3.63, 3.8) is 0 Å². The molecule has 160 valence electrons. The molecule has 0 bridgehead atoms. The van der Waals surface area contributed by atoms with E-state index in [4.69, 9.17) is 10.7 Å². The van der Waals surface area contributed by atoms with Crippen molar-refractivity contribution in [1.82, 2.24) is 15.3 Å². The quantitative estimate of drug-likeness (QED) is 0.528. The SMILES string of the molecule is C=C(Nc1ccccc1N1CCC(NC)(C(N)=O)CC1)c1csc(-c2ccncc2)n1. The topological polar surface area (TPSA) is 96.2 Å². The van der Waals surface area contributed by atoms with Crippen LogP contribution in [0, 0.1) is 0 Å². The molecule has 0 aliphatic carbocycles. The Morgan fingerprint density at radius 3 is 2.58 bits per heavy atom. The van der Waals surface area contributed by atoms with Crippen molar-refractivity contribution in [2.24, 2.45) is 5.73 Å². The number of hydrogen-bond acceptors (Lipinski definition) is 7. The second-order valence-corrected chi connectivity index (χ2v) is 8.44. The van der Waals surface area contributed by atoms with E-state index in [1.807, 2.05) is 35.7 Å². The number of piperidine rings is 1. The Kier molecular flexibility index (Phi) is 6.01. The van der Waals surface area contributed by atoms with E-state index in [0.717, 1.165) is 46.4 Å². The van der Waals surface area contributed by atoms with Crippen LogP contribution in [0.3, 0.4) is 0 Å². The predicted molar refractivity (Wildman–Crippen MR) is 127 cm³/mol. The highest BCUT2D eigenvalue weighted by Crippen LogP contribution is 2.33. The molecule has 0 saturated carbocycles. The van der Waals surface area contributed by atoms with Crippen molar-refractivity contribution in [2.75, 3.05) is 30.4 Å². The second-order valence-electron chi connectivity index (χ2n) is 7.58. The zero-order chi connectivity index (χ0) is 21.8. The number of nitrogens with two attached hydrogens (primary N) is 1. The van der Waals surface area contributed by atoms with Crippen molar-refractivity contribution >= 4 is 34.3 Å². The molecule has 0 radical (unpaired) electrons. The molecule has 0 atom stereocenters. The number of aromatic nitrogens is 2. The van der Waals surface area contributed by atoms with Crippen LogP contribution in [0.15, 0.2) is 60.8 Å². The highest BCUT2D eigenvalue weighted by molar-refractivity contribution is 7.13. The number of nitrogens with one attached hydrogen (secondary N) is 2. The summed E-state index contributed by atoms with van der Waals surface area (Å²) in [5.74, 6) is -0.289. The van der Waals surface area contributed by atoms with E-state index in [1.54, 1.807) is 30.8 Å². The molecule has 7 nitrogen and oxygen atoms in total. The first-order chi connectivity index (χ1) is 15.0. The van der Waals surface area contributed by atoms with Gasteiger partial charge in [0.2, 0.25) is 5.91 Å². The van der Waals surface area contributed by atoms with Gasteiger partial charge in [-0.2, -0.15) is 0 Å². The van der Waals surface area contributed by atoms with E-state index in [9.17, 15) is 4.79 Å². The normalized spacial score (nSPS) is 15.5. The van der Waals surface area contributed by atoms with Gasteiger partial charge in [0.1, 0.15) is 10.5 Å². The van der Waals surface area contributed by atoms with Crippen LogP contribution in [-0.2, 0) is 4.79 Å². The molecule has 1 saturated heterocycles. The van der Waals surface area contributed by atoms with Gasteiger partial charge in [0, 0.05) is 36.4 Å². The maximum absolute atomic E-state index is 11.9. The molecule has 0 unspecified atom stereocenters. The van der Waals surface area contributed by atoms with Crippen LogP contribution in [0.4, 0.5) is 11.4 Å². The predicted octanol–water partition coefficient (Wildman–Crippen LogP) is 3.33. The highest BCUT2D eigenvalue weighted by atomic mass is 32.1. The minimum absolute atomic E-state index is 0.289. The van der Waals surface area contributed by atoms with Gasteiger partial charge in [0.05, 0.1) is 22.8 Å². The summed E-state index contributed by atoms with van der Waals surface area (Å²) in [6, 6.07) is 12.0. The molecule has 3 heterocycles. The Bertz CT molecular complexity index is 1070. The number of carbonyl (C=O) groups excluding carboxylic acids is 1. The summed E-state index contributed by atoms with van der Waals surface area (Å²) in [6.07, 6.45) is 4.85. The average Bonchev–Trinajstić information content (AvgIpc) is 3.31. The van der Waals surface area contributed by atoms with E-state index in [1.165, 1.54) is 0 Å². The largest absolute Gasteiger partial charge is 0.370 e. The van der Waals surface area contributed by atoms with Gasteiger partial charge in [0.15, 0.2) is 0 Å². The molecular weight excluding hydrogens is 408 g/mol. The lowest BCUT2D eigenvalue weighted by Crippen LogP contribution is -2.59. The van der Waals surface area contributed by atoms with Gasteiger partial charge in [-0.3, -0.25) is 9.78 Å². The Balaban J connectivity index is 1.49. The zero-order valence-corrected chi connectivity index (χ0v) is 18.3. The van der Waals surface area contributed by atoms with Gasteiger partial charge < -0.3 is 21.3 Å². The fourth-order valence-corrected chi connectivity index (χ4v) is 4.71. The molecule has 4 rings (SSSR count). The summed E-state index contributed by atoms with van der Waals surface area (Å²) in [6.45, 7) is 5.67. The Labute approximate surface area is 186 Å². The maximum Gasteiger partial charge on any atom is 0.237 e. The van der Waals surface area contributed by atoms with Gasteiger partial charge >= 0.3 is 0 Å². The number of para-hydroxylation sites is 2. The summed E-state index contributed by atoms with van der Waals surface area (Å²) in [7, 11) is 1.80. The van der Waals surface area contributed by atoms with Gasteiger partial charge in [-0.25, -0.2) is 4.98 Å². The first kappa shape index (κ1) is 21.0. The molecule has 3 aromatic rings. The van der Waals surface area contributed by atoms with Gasteiger partial charge in [-0.05, 0) is 44.2 Å². The number of nitrogens with zero attached hydrogens (tertiary/aromatic N) is 3. The maximum atomic E-state index is 11.9. The van der Waals surface area contributed by atoms with Crippen LogP contribution in [0.25, 0.3) is 16.3 Å². The smallest absolute Gasteiger partial charge is 0.237 e. The monoisotopic (exact) mass is 434 g/mol. The number of hydrogen-bond donors (Lipinski definition) is 3. The van der Waals surface area contributed by atoms with Crippen LogP contribution in [-0.4, -0.2) is 41.6 Å². The lowest BCUT2D eigenvalue weighted by Gasteiger charge is -2.41. The molecule has 8 heteroatoms. The summed E-state index contributed by atoms with van der Waals surface area (Å²) >= 11 is 1.58. The number of anilines is 2. The summed E-state index contributed by atoms with van der Waals surface area (Å²) in [4.78, 5) is 23.0. The second kappa shape index (κ2) is 8.87. The highest BCUT2D eigenvalue weighted by Gasteiger charge is 2.38. The van der Waals surface area contributed by atoms with Gasteiger partial charge in [-0.15, -0.1) is 11.3 Å². The van der Waals surface area contributed by atoms with E-state index >= 15 is 0 Å². The fraction of sp³-hybridized carbons (Fsp3) is 0.261. The lowest BCUT2D eigenvalue weighted by atomic mass is 9.86. The van der Waals surface area contributed by atoms with Crippen molar-refractivity contribution in [3.05, 3.63) is 66.4 Å². The van der Waals surface area contributed by atoms with Crippen molar-refractivity contribution < 1.29 is 4.79 Å². The summed E-state index contributed by atoms with van der Waals surface area (Å²) in [5.41, 5.74) is 9.64. The molecule has 1 fully saturated rings. The van der Waals surface area contributed by atoms with Crippen LogP contribution in [0.2, 0.25) is 0 Å². The summed E-state index contributed by atoms with van der Waals surface area (Å²) in [5, 5.41) is 9.50. The van der Waals surface area contributed by atoms with Crippen LogP contribution >= 0.6 is 11.3 Å². The van der Waals surface area contributed by atoms with E-state index < -0.39 is 5.54 Å². The first-order valence-electron chi connectivity index (χ1n) is 10.2. The number of likely N-dealkylation sites (N-methyl/N-ethyl adjacent to an activating group) is 1. The van der Waals surface area contributed by atoms with E-state index in [-0.39, 0.29) is 5.91 Å². The summed E-state index contributed by atoms with van der Waals surface area (Å²) < 4.78 is 0. The Morgan fingerprint density at radius 2 is 1.90 bits per heavy atom. The number of carbonyl (C=O) groups is 1. The number of benzene rings is 1. The standard InChI is InChI=1S/C23H26N6OS/c1-16(19-15-31-21(28-19)17-7-11-26-12-8-17)27-18-5-3-4-6-20(18)29-13-9-23(25-2,10-14-29)22(24)30/h3-8,11-12,15,25,27H,1,9-10,13-14H2,2H3,(H2,24,30). The molecule has 0 spiro atoms. The van der Waals surface area contributed by atoms with E-state index in [2.05, 4.69) is 33.2 Å². The molecule has 1 aromatic carbocycles. The third kappa shape index (κ3) is 4.30. The van der Waals surface area contributed by atoms with Crippen LogP contribution in [0.1, 0.15) is 18.5 Å². The van der Waals surface area contributed by atoms with Crippen molar-refractivity contribution in [3.8, 4) is 10.6 Å². The molecule has 1 amide bonds. The Hall–Kier alpha value is -3.23. The first-order valence-corrected chi connectivity index (χ1v) is 11.1. The molecule has 4 N–H and O–H groups in total. The van der Waals surface area contributed by atoms with Gasteiger partial charge in [-0.1, -0.05) is 18.7 Å². The number of amides is 1. The van der Waals surface area contributed by atoms with Crippen LogP contribution < -0.4 is 21.3 Å². The minimum Gasteiger partial charge on any atom is -0.370 e. The van der Waals surface area contributed by atoms with Crippen LogP contribution in [0.5, 0.6) is 0 Å². The molecule has 2 aromatic heterocycles. The number of thiazole rings is 1. The van der Waals surface area contributed by atoms with Crippen molar-refractivity contribution in [2.45, 2.75) is 18.4 Å². The molecule has 1 aliphatic heterocycles. The lowest BCUT2D eigenvalue weighted by molar-refractivity contribution is -0.125. The molecule has 1 aliphatic rings. The third-order valence-corrected chi connectivity index (χ3v) is 6.73.